The number of aryl methyl sites for hydroxylation is 2. The third-order valence-corrected chi connectivity index (χ3v) is 4.28. The van der Waals surface area contributed by atoms with E-state index >= 15 is 0 Å². The Labute approximate surface area is 148 Å². The first kappa shape index (κ1) is 17.0. The number of amides is 1. The topological polar surface area (TPSA) is 38.3 Å². The van der Waals surface area contributed by atoms with E-state index in [1.165, 1.54) is 16.3 Å². The van der Waals surface area contributed by atoms with E-state index in [0.717, 1.165) is 16.9 Å². The summed E-state index contributed by atoms with van der Waals surface area (Å²) in [5.41, 5.74) is 3.29. The molecule has 128 valence electrons. The molecule has 0 radical (unpaired) electrons. The van der Waals surface area contributed by atoms with Crippen LogP contribution in [0, 0.1) is 13.8 Å². The van der Waals surface area contributed by atoms with Gasteiger partial charge in [0.25, 0.3) is 5.91 Å². The summed E-state index contributed by atoms with van der Waals surface area (Å²) in [4.78, 5) is 12.3. The molecule has 1 amide bonds. The lowest BCUT2D eigenvalue weighted by molar-refractivity contribution is -0.127. The summed E-state index contributed by atoms with van der Waals surface area (Å²) in [5.74, 6) is 0.632. The number of carbonyl (C=O) groups is 1. The molecule has 0 aliphatic carbocycles. The van der Waals surface area contributed by atoms with Gasteiger partial charge >= 0.3 is 0 Å². The number of ether oxygens (including phenoxy) is 1. The number of rotatable bonds is 5. The zero-order valence-electron chi connectivity index (χ0n) is 14.9. The summed E-state index contributed by atoms with van der Waals surface area (Å²) >= 11 is 0. The van der Waals surface area contributed by atoms with Gasteiger partial charge in [-0.3, -0.25) is 4.79 Å². The molecule has 0 saturated carbocycles. The molecule has 3 heteroatoms. The number of fused-ring (bicyclic) bond motifs is 1. The van der Waals surface area contributed by atoms with Crippen molar-refractivity contribution in [2.75, 3.05) is 0 Å². The highest BCUT2D eigenvalue weighted by atomic mass is 16.5. The van der Waals surface area contributed by atoms with Crippen LogP contribution in [0.15, 0.2) is 60.7 Å². The third-order valence-electron chi connectivity index (χ3n) is 4.28. The van der Waals surface area contributed by atoms with Crippen molar-refractivity contribution in [1.82, 2.24) is 5.32 Å². The van der Waals surface area contributed by atoms with Crippen LogP contribution < -0.4 is 10.1 Å². The zero-order chi connectivity index (χ0) is 17.8. The number of benzene rings is 3. The molecule has 0 bridgehead atoms. The first-order valence-corrected chi connectivity index (χ1v) is 8.52. The molecule has 25 heavy (non-hydrogen) atoms. The average Bonchev–Trinajstić information content (AvgIpc) is 2.61. The van der Waals surface area contributed by atoms with Gasteiger partial charge in [-0.2, -0.15) is 0 Å². The summed E-state index contributed by atoms with van der Waals surface area (Å²) < 4.78 is 5.81. The molecule has 0 aromatic heterocycles. The summed E-state index contributed by atoms with van der Waals surface area (Å²) in [6.07, 6.45) is -0.540. The second-order valence-corrected chi connectivity index (χ2v) is 6.43. The lowest BCUT2D eigenvalue weighted by Gasteiger charge is -2.16. The van der Waals surface area contributed by atoms with Crippen molar-refractivity contribution in [2.45, 2.75) is 33.4 Å². The van der Waals surface area contributed by atoms with Gasteiger partial charge in [-0.1, -0.05) is 54.1 Å². The minimum Gasteiger partial charge on any atom is -0.481 e. The van der Waals surface area contributed by atoms with Gasteiger partial charge in [-0.15, -0.1) is 0 Å². The standard InChI is InChI=1S/C22H23NO2/c1-15-8-11-21(16(2)12-15)25-17(3)22(24)23-14-18-9-10-19-6-4-5-7-20(19)13-18/h4-13,17H,14H2,1-3H3,(H,23,24). The summed E-state index contributed by atoms with van der Waals surface area (Å²) in [7, 11) is 0. The molecule has 0 spiro atoms. The van der Waals surface area contributed by atoms with Crippen molar-refractivity contribution < 1.29 is 9.53 Å². The van der Waals surface area contributed by atoms with E-state index in [-0.39, 0.29) is 5.91 Å². The van der Waals surface area contributed by atoms with Crippen molar-refractivity contribution in [2.24, 2.45) is 0 Å². The number of hydrogen-bond acceptors (Lipinski definition) is 2. The van der Waals surface area contributed by atoms with Crippen LogP contribution in [-0.2, 0) is 11.3 Å². The second-order valence-electron chi connectivity index (χ2n) is 6.43. The molecule has 3 aromatic carbocycles. The fraction of sp³-hybridized carbons (Fsp3) is 0.227. The number of hydrogen-bond donors (Lipinski definition) is 1. The molecule has 3 rings (SSSR count). The molecular weight excluding hydrogens is 310 g/mol. The van der Waals surface area contributed by atoms with Crippen LogP contribution >= 0.6 is 0 Å². The Bertz CT molecular complexity index is 901. The van der Waals surface area contributed by atoms with Crippen LogP contribution in [0.25, 0.3) is 10.8 Å². The van der Waals surface area contributed by atoms with Crippen molar-refractivity contribution in [3.05, 3.63) is 77.4 Å². The Morgan fingerprint density at radius 1 is 1.00 bits per heavy atom. The fourth-order valence-corrected chi connectivity index (χ4v) is 2.86. The van der Waals surface area contributed by atoms with Crippen LogP contribution in [0.1, 0.15) is 23.6 Å². The minimum atomic E-state index is -0.540. The Balaban J connectivity index is 1.60. The molecule has 1 atom stereocenters. The summed E-state index contributed by atoms with van der Waals surface area (Å²) in [6.45, 7) is 6.29. The Morgan fingerprint density at radius 2 is 1.76 bits per heavy atom. The highest BCUT2D eigenvalue weighted by molar-refractivity contribution is 5.83. The van der Waals surface area contributed by atoms with E-state index < -0.39 is 6.10 Å². The van der Waals surface area contributed by atoms with Gasteiger partial charge in [0.05, 0.1) is 0 Å². The molecule has 0 saturated heterocycles. The van der Waals surface area contributed by atoms with E-state index in [9.17, 15) is 4.79 Å². The molecule has 0 fully saturated rings. The Hall–Kier alpha value is -2.81. The van der Waals surface area contributed by atoms with Crippen molar-refractivity contribution >= 4 is 16.7 Å². The van der Waals surface area contributed by atoms with Crippen LogP contribution in [-0.4, -0.2) is 12.0 Å². The largest absolute Gasteiger partial charge is 0.481 e. The highest BCUT2D eigenvalue weighted by Gasteiger charge is 2.15. The molecule has 1 N–H and O–H groups in total. The van der Waals surface area contributed by atoms with Gasteiger partial charge < -0.3 is 10.1 Å². The smallest absolute Gasteiger partial charge is 0.261 e. The van der Waals surface area contributed by atoms with E-state index in [4.69, 9.17) is 4.74 Å². The quantitative estimate of drug-likeness (QED) is 0.744. The summed E-state index contributed by atoms with van der Waals surface area (Å²) in [6, 6.07) is 20.4. The highest BCUT2D eigenvalue weighted by Crippen LogP contribution is 2.20. The number of nitrogens with one attached hydrogen (secondary N) is 1. The lowest BCUT2D eigenvalue weighted by Crippen LogP contribution is -2.36. The van der Waals surface area contributed by atoms with Crippen LogP contribution in [0.5, 0.6) is 5.75 Å². The monoisotopic (exact) mass is 333 g/mol. The normalized spacial score (nSPS) is 12.0. The molecule has 3 nitrogen and oxygen atoms in total. The Kier molecular flexibility index (Phi) is 5.03. The second kappa shape index (κ2) is 7.39. The van der Waals surface area contributed by atoms with Crippen LogP contribution in [0.3, 0.4) is 0 Å². The van der Waals surface area contributed by atoms with Gasteiger partial charge in [0.2, 0.25) is 0 Å². The first-order chi connectivity index (χ1) is 12.0. The fourth-order valence-electron chi connectivity index (χ4n) is 2.86. The first-order valence-electron chi connectivity index (χ1n) is 8.52. The van der Waals surface area contributed by atoms with Gasteiger partial charge in [-0.25, -0.2) is 0 Å². The van der Waals surface area contributed by atoms with E-state index in [0.29, 0.717) is 6.54 Å². The van der Waals surface area contributed by atoms with E-state index in [1.54, 1.807) is 6.92 Å². The third kappa shape index (κ3) is 4.18. The van der Waals surface area contributed by atoms with Crippen molar-refractivity contribution in [1.29, 1.82) is 0 Å². The summed E-state index contributed by atoms with van der Waals surface area (Å²) in [5, 5.41) is 5.32. The molecular formula is C22H23NO2. The number of carbonyl (C=O) groups excluding carboxylic acids is 1. The molecule has 0 heterocycles. The average molecular weight is 333 g/mol. The van der Waals surface area contributed by atoms with Crippen LogP contribution in [0.4, 0.5) is 0 Å². The van der Waals surface area contributed by atoms with E-state index in [1.807, 2.05) is 44.2 Å². The molecule has 1 unspecified atom stereocenters. The Morgan fingerprint density at radius 3 is 2.52 bits per heavy atom. The molecule has 3 aromatic rings. The predicted molar refractivity (Wildman–Crippen MR) is 102 cm³/mol. The SMILES string of the molecule is Cc1ccc(OC(C)C(=O)NCc2ccc3ccccc3c2)c(C)c1. The zero-order valence-corrected chi connectivity index (χ0v) is 14.9. The van der Waals surface area contributed by atoms with Gasteiger partial charge in [-0.05, 0) is 54.8 Å². The van der Waals surface area contributed by atoms with Gasteiger partial charge in [0, 0.05) is 6.54 Å². The maximum Gasteiger partial charge on any atom is 0.261 e. The van der Waals surface area contributed by atoms with Crippen LogP contribution in [0.2, 0.25) is 0 Å². The van der Waals surface area contributed by atoms with Gasteiger partial charge in [0.15, 0.2) is 6.10 Å². The van der Waals surface area contributed by atoms with Gasteiger partial charge in [0.1, 0.15) is 5.75 Å². The predicted octanol–water partition coefficient (Wildman–Crippen LogP) is 4.54. The van der Waals surface area contributed by atoms with Crippen molar-refractivity contribution in [3.63, 3.8) is 0 Å². The van der Waals surface area contributed by atoms with E-state index in [2.05, 4.69) is 35.6 Å². The molecule has 0 aliphatic rings. The maximum atomic E-state index is 12.3. The lowest BCUT2D eigenvalue weighted by atomic mass is 10.1. The van der Waals surface area contributed by atoms with Crippen molar-refractivity contribution in [3.8, 4) is 5.75 Å². The minimum absolute atomic E-state index is 0.117. The maximum absolute atomic E-state index is 12.3. The molecule has 0 aliphatic heterocycles.